The first-order valence-corrected chi connectivity index (χ1v) is 8.55. The topological polar surface area (TPSA) is 71.5 Å². The summed E-state index contributed by atoms with van der Waals surface area (Å²) in [6.07, 6.45) is 2.61. The van der Waals surface area contributed by atoms with Gasteiger partial charge in [0.25, 0.3) is 0 Å². The summed E-state index contributed by atoms with van der Waals surface area (Å²) < 4.78 is 5.34. The van der Waals surface area contributed by atoms with Gasteiger partial charge in [0.2, 0.25) is 11.8 Å². The fourth-order valence-electron chi connectivity index (χ4n) is 2.82. The monoisotopic (exact) mass is 345 g/mol. The van der Waals surface area contributed by atoms with Crippen LogP contribution in [0.25, 0.3) is 0 Å². The molecule has 0 saturated carbocycles. The maximum Gasteiger partial charge on any atom is 0.248 e. The minimum Gasteiger partial charge on any atom is -0.496 e. The number of aryl methyl sites for hydroxylation is 1. The third-order valence-electron chi connectivity index (χ3n) is 4.02. The Morgan fingerprint density at radius 2 is 2.25 bits per heavy atom. The van der Waals surface area contributed by atoms with Crippen LogP contribution in [0.2, 0.25) is 0 Å². The van der Waals surface area contributed by atoms with Crippen LogP contribution in [0.15, 0.2) is 30.5 Å². The predicted molar refractivity (Wildman–Crippen MR) is 92.0 cm³/mol. The van der Waals surface area contributed by atoms with Crippen molar-refractivity contribution in [3.8, 4) is 5.75 Å². The second-order valence-electron chi connectivity index (χ2n) is 5.65. The molecule has 1 aromatic heterocycles. The van der Waals surface area contributed by atoms with E-state index < -0.39 is 6.04 Å². The third kappa shape index (κ3) is 3.41. The van der Waals surface area contributed by atoms with Gasteiger partial charge in [-0.05, 0) is 19.4 Å². The Labute approximate surface area is 144 Å². The van der Waals surface area contributed by atoms with Crippen LogP contribution in [-0.2, 0) is 16.1 Å². The number of methoxy groups -OCH3 is 1. The van der Waals surface area contributed by atoms with Gasteiger partial charge in [-0.1, -0.05) is 18.2 Å². The summed E-state index contributed by atoms with van der Waals surface area (Å²) in [7, 11) is 1.60. The van der Waals surface area contributed by atoms with Gasteiger partial charge in [-0.15, -0.1) is 11.3 Å². The maximum atomic E-state index is 12.6. The van der Waals surface area contributed by atoms with Gasteiger partial charge in [0, 0.05) is 23.1 Å². The first kappa shape index (κ1) is 16.4. The van der Waals surface area contributed by atoms with Crippen molar-refractivity contribution in [2.45, 2.75) is 32.4 Å². The van der Waals surface area contributed by atoms with Crippen molar-refractivity contribution in [3.63, 3.8) is 0 Å². The fourth-order valence-corrected chi connectivity index (χ4v) is 3.49. The normalized spacial score (nSPS) is 17.2. The zero-order valence-corrected chi connectivity index (χ0v) is 14.4. The lowest BCUT2D eigenvalue weighted by Crippen LogP contribution is -2.41. The minimum atomic E-state index is -0.480. The fraction of sp³-hybridized carbons (Fsp3) is 0.353. The average Bonchev–Trinajstić information content (AvgIpc) is 3.14. The summed E-state index contributed by atoms with van der Waals surface area (Å²) in [6, 6.07) is 7.05. The highest BCUT2D eigenvalue weighted by atomic mass is 32.1. The zero-order valence-electron chi connectivity index (χ0n) is 13.6. The molecule has 24 heavy (non-hydrogen) atoms. The van der Waals surface area contributed by atoms with E-state index in [1.807, 2.05) is 31.2 Å². The van der Waals surface area contributed by atoms with E-state index in [0.717, 1.165) is 10.4 Å². The number of likely N-dealkylation sites (tertiary alicyclic amines) is 1. The molecule has 1 unspecified atom stereocenters. The SMILES string of the molecule is COc1ccccc1CN1C(=O)CCC1C(=O)Nc1ncc(C)s1. The molecule has 1 fully saturated rings. The molecule has 7 heteroatoms. The van der Waals surface area contributed by atoms with Gasteiger partial charge in [0.1, 0.15) is 11.8 Å². The predicted octanol–water partition coefficient (Wildman–Crippen LogP) is 2.59. The number of nitrogens with one attached hydrogen (secondary N) is 1. The number of hydrogen-bond acceptors (Lipinski definition) is 5. The van der Waals surface area contributed by atoms with Crippen molar-refractivity contribution in [1.82, 2.24) is 9.88 Å². The van der Waals surface area contributed by atoms with Crippen LogP contribution in [0.1, 0.15) is 23.3 Å². The van der Waals surface area contributed by atoms with Crippen molar-refractivity contribution >= 4 is 28.3 Å². The van der Waals surface area contributed by atoms with E-state index in [0.29, 0.717) is 30.3 Å². The molecule has 0 spiro atoms. The summed E-state index contributed by atoms with van der Waals surface area (Å²) in [5.41, 5.74) is 0.887. The molecule has 3 rings (SSSR count). The highest BCUT2D eigenvalue weighted by molar-refractivity contribution is 7.15. The molecule has 1 aromatic carbocycles. The molecular formula is C17H19N3O3S. The number of para-hydroxylation sites is 1. The molecule has 0 bridgehead atoms. The molecule has 1 atom stereocenters. The molecule has 1 aliphatic heterocycles. The third-order valence-corrected chi connectivity index (χ3v) is 4.84. The van der Waals surface area contributed by atoms with Crippen molar-refractivity contribution in [1.29, 1.82) is 0 Å². The number of amides is 2. The average molecular weight is 345 g/mol. The van der Waals surface area contributed by atoms with Crippen LogP contribution in [0.3, 0.4) is 0 Å². The van der Waals surface area contributed by atoms with Gasteiger partial charge in [0.05, 0.1) is 13.7 Å². The number of anilines is 1. The van der Waals surface area contributed by atoms with Crippen molar-refractivity contribution < 1.29 is 14.3 Å². The van der Waals surface area contributed by atoms with E-state index in [1.165, 1.54) is 11.3 Å². The Bertz CT molecular complexity index is 759. The molecule has 0 radical (unpaired) electrons. The summed E-state index contributed by atoms with van der Waals surface area (Å²) >= 11 is 1.42. The van der Waals surface area contributed by atoms with Crippen LogP contribution in [0.4, 0.5) is 5.13 Å². The van der Waals surface area contributed by atoms with E-state index in [4.69, 9.17) is 4.74 Å². The summed E-state index contributed by atoms with van der Waals surface area (Å²) in [6.45, 7) is 2.29. The van der Waals surface area contributed by atoms with E-state index >= 15 is 0 Å². The Morgan fingerprint density at radius 3 is 2.96 bits per heavy atom. The van der Waals surface area contributed by atoms with Gasteiger partial charge < -0.3 is 15.0 Å². The van der Waals surface area contributed by atoms with Crippen LogP contribution >= 0.6 is 11.3 Å². The number of aromatic nitrogens is 1. The number of hydrogen-bond donors (Lipinski definition) is 1. The highest BCUT2D eigenvalue weighted by Crippen LogP contribution is 2.27. The van der Waals surface area contributed by atoms with Crippen molar-refractivity contribution in [2.24, 2.45) is 0 Å². The first-order valence-electron chi connectivity index (χ1n) is 7.73. The number of carbonyl (C=O) groups is 2. The molecule has 2 amide bonds. The Balaban J connectivity index is 1.75. The minimum absolute atomic E-state index is 0.0172. The van der Waals surface area contributed by atoms with Crippen LogP contribution in [0.5, 0.6) is 5.75 Å². The van der Waals surface area contributed by atoms with E-state index in [2.05, 4.69) is 10.3 Å². The molecule has 2 heterocycles. The molecule has 1 N–H and O–H groups in total. The largest absolute Gasteiger partial charge is 0.496 e. The smallest absolute Gasteiger partial charge is 0.248 e. The number of carbonyl (C=O) groups excluding carboxylic acids is 2. The second-order valence-corrected chi connectivity index (χ2v) is 6.89. The van der Waals surface area contributed by atoms with E-state index in [1.54, 1.807) is 18.2 Å². The van der Waals surface area contributed by atoms with E-state index in [9.17, 15) is 9.59 Å². The molecule has 0 aliphatic carbocycles. The van der Waals surface area contributed by atoms with Crippen LogP contribution < -0.4 is 10.1 Å². The number of benzene rings is 1. The first-order chi connectivity index (χ1) is 11.6. The van der Waals surface area contributed by atoms with Gasteiger partial charge in [-0.3, -0.25) is 9.59 Å². The summed E-state index contributed by atoms with van der Waals surface area (Å²) in [4.78, 5) is 31.6. The van der Waals surface area contributed by atoms with Crippen LogP contribution in [-0.4, -0.2) is 34.8 Å². The highest BCUT2D eigenvalue weighted by Gasteiger charge is 2.36. The summed E-state index contributed by atoms with van der Waals surface area (Å²) in [5, 5.41) is 3.38. The molecule has 1 aliphatic rings. The lowest BCUT2D eigenvalue weighted by molar-refractivity contribution is -0.133. The Morgan fingerprint density at radius 1 is 1.46 bits per heavy atom. The van der Waals surface area contributed by atoms with Crippen LogP contribution in [0, 0.1) is 6.92 Å². The molecule has 126 valence electrons. The molecular weight excluding hydrogens is 326 g/mol. The van der Waals surface area contributed by atoms with E-state index in [-0.39, 0.29) is 11.8 Å². The number of rotatable bonds is 5. The number of ether oxygens (including phenoxy) is 1. The molecule has 6 nitrogen and oxygen atoms in total. The zero-order chi connectivity index (χ0) is 17.1. The summed E-state index contributed by atoms with van der Waals surface area (Å²) in [5.74, 6) is 0.508. The maximum absolute atomic E-state index is 12.6. The van der Waals surface area contributed by atoms with Gasteiger partial charge in [-0.25, -0.2) is 4.98 Å². The van der Waals surface area contributed by atoms with Gasteiger partial charge >= 0.3 is 0 Å². The Kier molecular flexibility index (Phi) is 4.80. The van der Waals surface area contributed by atoms with Crippen molar-refractivity contribution in [2.75, 3.05) is 12.4 Å². The molecule has 1 saturated heterocycles. The van der Waals surface area contributed by atoms with Gasteiger partial charge in [0.15, 0.2) is 5.13 Å². The van der Waals surface area contributed by atoms with Gasteiger partial charge in [-0.2, -0.15) is 0 Å². The van der Waals surface area contributed by atoms with Crippen molar-refractivity contribution in [3.05, 3.63) is 40.9 Å². The second kappa shape index (κ2) is 7.00. The number of nitrogens with zero attached hydrogens (tertiary/aromatic N) is 2. The number of thiazole rings is 1. The lowest BCUT2D eigenvalue weighted by atomic mass is 10.1. The standard InChI is InChI=1S/C17H19N3O3S/c1-11-9-18-17(24-11)19-16(22)13-7-8-15(21)20(13)10-12-5-3-4-6-14(12)23-2/h3-6,9,13H,7-8,10H2,1-2H3,(H,18,19,22). The lowest BCUT2D eigenvalue weighted by Gasteiger charge is -2.24. The Hall–Kier alpha value is -2.41. The quantitative estimate of drug-likeness (QED) is 0.904. The molecule has 2 aromatic rings.